The van der Waals surface area contributed by atoms with Crippen LogP contribution in [0.2, 0.25) is 0 Å². The predicted octanol–water partition coefficient (Wildman–Crippen LogP) is 7.39. The van der Waals surface area contributed by atoms with Gasteiger partial charge in [-0.15, -0.1) is 0 Å². The van der Waals surface area contributed by atoms with E-state index in [2.05, 4.69) is 10.6 Å². The maximum atomic E-state index is 14.2. The summed E-state index contributed by atoms with van der Waals surface area (Å²) in [6.07, 6.45) is -9.16. The summed E-state index contributed by atoms with van der Waals surface area (Å²) in [6.45, 7) is 0.957. The molecule has 0 spiro atoms. The van der Waals surface area contributed by atoms with Gasteiger partial charge in [-0.25, -0.2) is 4.79 Å². The molecule has 3 aromatic carbocycles. The van der Waals surface area contributed by atoms with Crippen molar-refractivity contribution in [1.29, 1.82) is 0 Å². The number of hydrogen-bond donors (Lipinski definition) is 2. The Morgan fingerprint density at radius 1 is 0.805 bits per heavy atom. The monoisotopic (exact) mass is 595 g/mol. The zero-order valence-corrected chi connectivity index (χ0v) is 22.0. The molecule has 6 nitrogen and oxygen atoms in total. The van der Waals surface area contributed by atoms with Gasteiger partial charge in [0, 0.05) is 40.3 Å². The number of hydrogen-bond acceptors (Lipinski definition) is 4. The zero-order chi connectivity index (χ0) is 29.6. The first-order valence-corrected chi connectivity index (χ1v) is 13.0. The van der Waals surface area contributed by atoms with E-state index in [0.717, 1.165) is 24.3 Å². The van der Waals surface area contributed by atoms with E-state index in [4.69, 9.17) is 4.74 Å². The lowest BCUT2D eigenvalue weighted by Crippen LogP contribution is -2.39. The van der Waals surface area contributed by atoms with Gasteiger partial charge < -0.3 is 20.3 Å². The molecular formula is C28H23F6N3O3S. The van der Waals surface area contributed by atoms with Gasteiger partial charge in [0.2, 0.25) is 5.91 Å². The number of alkyl halides is 6. The molecule has 0 radical (unpaired) electrons. The summed E-state index contributed by atoms with van der Waals surface area (Å²) in [5, 5.41) is 5.13. The summed E-state index contributed by atoms with van der Waals surface area (Å²) in [5.74, 6) is -0.631. The van der Waals surface area contributed by atoms with Crippen LogP contribution in [-0.4, -0.2) is 43.1 Å². The highest BCUT2D eigenvalue weighted by Crippen LogP contribution is 2.48. The number of urea groups is 1. The molecule has 41 heavy (non-hydrogen) atoms. The van der Waals surface area contributed by atoms with Crippen LogP contribution < -0.4 is 10.6 Å². The largest absolute Gasteiger partial charge is 0.418 e. The molecule has 1 heterocycles. The maximum Gasteiger partial charge on any atom is 0.418 e. The second-order valence-electron chi connectivity index (χ2n) is 8.74. The van der Waals surface area contributed by atoms with Gasteiger partial charge in [0.15, 0.2) is 0 Å². The lowest BCUT2D eigenvalue weighted by molar-refractivity contribution is -0.163. The molecule has 1 aliphatic heterocycles. The van der Waals surface area contributed by atoms with Crippen molar-refractivity contribution in [1.82, 2.24) is 4.90 Å². The van der Waals surface area contributed by atoms with Gasteiger partial charge in [0.25, 0.3) is 0 Å². The van der Waals surface area contributed by atoms with E-state index in [1.165, 1.54) is 29.2 Å². The number of para-hydroxylation sites is 1. The van der Waals surface area contributed by atoms with Gasteiger partial charge in [-0.2, -0.15) is 26.3 Å². The number of anilines is 2. The first kappa shape index (κ1) is 30.0. The first-order valence-electron chi connectivity index (χ1n) is 12.2. The molecule has 4 rings (SSSR count). The number of nitrogens with zero attached hydrogens (tertiary/aromatic N) is 1. The number of morpholine rings is 1. The average Bonchev–Trinajstić information content (AvgIpc) is 2.92. The van der Waals surface area contributed by atoms with Gasteiger partial charge in [-0.05, 0) is 48.0 Å². The van der Waals surface area contributed by atoms with Crippen LogP contribution in [0.5, 0.6) is 0 Å². The van der Waals surface area contributed by atoms with Crippen LogP contribution in [0, 0.1) is 0 Å². The molecular weight excluding hydrogens is 572 g/mol. The Labute approximate surface area is 235 Å². The number of amides is 3. The van der Waals surface area contributed by atoms with Gasteiger partial charge in [-0.1, -0.05) is 42.1 Å². The molecule has 2 N–H and O–H groups in total. The number of nitrogens with one attached hydrogen (secondary N) is 2. The Kier molecular flexibility index (Phi) is 9.28. The average molecular weight is 596 g/mol. The van der Waals surface area contributed by atoms with E-state index < -0.39 is 45.9 Å². The Balaban J connectivity index is 1.62. The molecule has 3 aromatic rings. The highest BCUT2D eigenvalue weighted by atomic mass is 32.2. The molecule has 216 valence electrons. The standard InChI is InChI=1S/C28H23F6N3O3S/c29-27(30,31)24-18(10-12-23(38)37-13-15-40-16-14-37)9-11-22(25(24)28(32,33)34)41-21-8-4-7-20(17-21)36-26(39)35-19-5-2-1-3-6-19/h1-12,17H,13-16H2,(H2,35,36,39). The number of halogens is 6. The van der Waals surface area contributed by atoms with Crippen molar-refractivity contribution in [3.63, 3.8) is 0 Å². The van der Waals surface area contributed by atoms with E-state index in [9.17, 15) is 35.9 Å². The van der Waals surface area contributed by atoms with Gasteiger partial charge in [0.1, 0.15) is 0 Å². The second-order valence-corrected chi connectivity index (χ2v) is 9.86. The fraction of sp³-hybridized carbons (Fsp3) is 0.214. The molecule has 0 bridgehead atoms. The lowest BCUT2D eigenvalue weighted by atomic mass is 9.99. The molecule has 0 saturated carbocycles. The Morgan fingerprint density at radius 2 is 1.44 bits per heavy atom. The fourth-order valence-corrected chi connectivity index (χ4v) is 5.08. The van der Waals surface area contributed by atoms with Crippen LogP contribution in [0.15, 0.2) is 82.6 Å². The Morgan fingerprint density at radius 3 is 2.10 bits per heavy atom. The van der Waals surface area contributed by atoms with Crippen LogP contribution in [-0.2, 0) is 21.9 Å². The summed E-state index contributed by atoms with van der Waals surface area (Å²) in [4.78, 5) is 25.5. The summed E-state index contributed by atoms with van der Waals surface area (Å²) in [7, 11) is 0. The van der Waals surface area contributed by atoms with Crippen LogP contribution >= 0.6 is 11.8 Å². The van der Waals surface area contributed by atoms with Crippen molar-refractivity contribution in [2.24, 2.45) is 0 Å². The zero-order valence-electron chi connectivity index (χ0n) is 21.2. The molecule has 0 unspecified atom stereocenters. The molecule has 1 aliphatic rings. The van der Waals surface area contributed by atoms with Crippen molar-refractivity contribution >= 4 is 41.2 Å². The van der Waals surface area contributed by atoms with Crippen molar-refractivity contribution in [2.75, 3.05) is 36.9 Å². The topological polar surface area (TPSA) is 70.7 Å². The Bertz CT molecular complexity index is 1420. The summed E-state index contributed by atoms with van der Waals surface area (Å²) in [5.41, 5.74) is -3.82. The number of ether oxygens (including phenoxy) is 1. The van der Waals surface area contributed by atoms with E-state index in [-0.39, 0.29) is 36.9 Å². The summed E-state index contributed by atoms with van der Waals surface area (Å²) < 4.78 is 90.0. The third-order valence-corrected chi connectivity index (χ3v) is 6.90. The van der Waals surface area contributed by atoms with Crippen LogP contribution in [0.3, 0.4) is 0 Å². The van der Waals surface area contributed by atoms with E-state index in [0.29, 0.717) is 17.4 Å². The number of benzene rings is 3. The predicted molar refractivity (Wildman–Crippen MR) is 143 cm³/mol. The van der Waals surface area contributed by atoms with Crippen LogP contribution in [0.25, 0.3) is 6.08 Å². The molecule has 1 fully saturated rings. The van der Waals surface area contributed by atoms with Crippen molar-refractivity contribution < 1.29 is 40.7 Å². The molecule has 0 aromatic heterocycles. The minimum absolute atomic E-state index is 0.159. The van der Waals surface area contributed by atoms with E-state index in [1.807, 2.05) is 0 Å². The van der Waals surface area contributed by atoms with Gasteiger partial charge in [0.05, 0.1) is 24.3 Å². The smallest absolute Gasteiger partial charge is 0.378 e. The van der Waals surface area contributed by atoms with E-state index >= 15 is 0 Å². The molecule has 1 saturated heterocycles. The van der Waals surface area contributed by atoms with Gasteiger partial charge in [-0.3, -0.25) is 4.79 Å². The molecule has 0 atom stereocenters. The Hall–Kier alpha value is -3.97. The molecule has 0 aliphatic carbocycles. The summed E-state index contributed by atoms with van der Waals surface area (Å²) >= 11 is 0.468. The second kappa shape index (κ2) is 12.7. The minimum atomic E-state index is -5.37. The number of rotatable bonds is 6. The normalized spacial score (nSPS) is 14.2. The SMILES string of the molecule is O=C(Nc1ccccc1)Nc1cccc(Sc2ccc(C=CC(=O)N3CCOCC3)c(C(F)(F)F)c2C(F)(F)F)c1. The highest BCUT2D eigenvalue weighted by molar-refractivity contribution is 7.99. The number of carbonyl (C=O) groups is 2. The third kappa shape index (κ3) is 8.04. The maximum absolute atomic E-state index is 14.2. The van der Waals surface area contributed by atoms with Gasteiger partial charge >= 0.3 is 18.4 Å². The van der Waals surface area contributed by atoms with E-state index in [1.54, 1.807) is 30.3 Å². The third-order valence-electron chi connectivity index (χ3n) is 5.85. The van der Waals surface area contributed by atoms with Crippen LogP contribution in [0.4, 0.5) is 42.5 Å². The molecule has 13 heteroatoms. The minimum Gasteiger partial charge on any atom is -0.378 e. The highest BCUT2D eigenvalue weighted by Gasteiger charge is 2.46. The molecule has 3 amide bonds. The number of carbonyl (C=O) groups excluding carboxylic acids is 2. The van der Waals surface area contributed by atoms with Crippen molar-refractivity contribution in [2.45, 2.75) is 22.1 Å². The quantitative estimate of drug-likeness (QED) is 0.230. The fourth-order valence-electron chi connectivity index (χ4n) is 4.04. The van der Waals surface area contributed by atoms with Crippen LogP contribution in [0.1, 0.15) is 16.7 Å². The summed E-state index contributed by atoms with van der Waals surface area (Å²) in [6, 6.07) is 15.4. The lowest BCUT2D eigenvalue weighted by Gasteiger charge is -2.25. The van der Waals surface area contributed by atoms with Crippen molar-refractivity contribution in [3.05, 3.63) is 89.5 Å². The van der Waals surface area contributed by atoms with Crippen molar-refractivity contribution in [3.8, 4) is 0 Å². The first-order chi connectivity index (χ1) is 19.4.